The summed E-state index contributed by atoms with van der Waals surface area (Å²) in [6.07, 6.45) is 0.889. The lowest BCUT2D eigenvalue weighted by Crippen LogP contribution is -2.42. The lowest BCUT2D eigenvalue weighted by molar-refractivity contribution is 0.0911. The highest BCUT2D eigenvalue weighted by molar-refractivity contribution is 5.95. The molecule has 0 aromatic heterocycles. The van der Waals surface area contributed by atoms with Gasteiger partial charge >= 0.3 is 0 Å². The van der Waals surface area contributed by atoms with E-state index in [9.17, 15) is 4.79 Å². The molecule has 0 saturated heterocycles. The minimum atomic E-state index is -0.184. The quantitative estimate of drug-likeness (QED) is 0.769. The first-order valence-electron chi connectivity index (χ1n) is 5.54. The number of nitrogen functional groups attached to an aromatic ring is 1. The summed E-state index contributed by atoms with van der Waals surface area (Å²) >= 11 is 0. The number of aryl methyl sites for hydroxylation is 1. The van der Waals surface area contributed by atoms with Crippen LogP contribution in [0.2, 0.25) is 0 Å². The van der Waals surface area contributed by atoms with Crippen molar-refractivity contribution in [2.75, 3.05) is 5.73 Å². The number of nitrogens with one attached hydrogen (secondary N) is 1. The van der Waals surface area contributed by atoms with E-state index >= 15 is 0 Å². The topological polar surface area (TPSA) is 55.1 Å². The molecule has 0 saturated carbocycles. The van der Waals surface area contributed by atoms with Crippen LogP contribution in [-0.4, -0.2) is 11.4 Å². The Hall–Kier alpha value is -1.51. The van der Waals surface area contributed by atoms with Crippen LogP contribution in [-0.2, 0) is 0 Å². The number of hydrogen-bond acceptors (Lipinski definition) is 2. The minimum absolute atomic E-state index is 0.0708. The van der Waals surface area contributed by atoms with Gasteiger partial charge in [-0.25, -0.2) is 0 Å². The lowest BCUT2D eigenvalue weighted by Gasteiger charge is -2.24. The molecule has 1 aromatic carbocycles. The third-order valence-electron chi connectivity index (χ3n) is 2.88. The molecule has 0 radical (unpaired) electrons. The molecule has 16 heavy (non-hydrogen) atoms. The van der Waals surface area contributed by atoms with Gasteiger partial charge in [-0.3, -0.25) is 4.79 Å². The van der Waals surface area contributed by atoms with E-state index < -0.39 is 0 Å². The lowest BCUT2D eigenvalue weighted by atomic mass is 10.0. The van der Waals surface area contributed by atoms with E-state index in [1.54, 1.807) is 12.1 Å². The molecule has 0 aliphatic rings. The number of amides is 1. The molecule has 0 aliphatic heterocycles. The van der Waals surface area contributed by atoms with Gasteiger partial charge in [0, 0.05) is 16.8 Å². The minimum Gasteiger partial charge on any atom is -0.398 e. The highest BCUT2D eigenvalue weighted by Gasteiger charge is 2.18. The van der Waals surface area contributed by atoms with Crippen molar-refractivity contribution in [1.29, 1.82) is 0 Å². The van der Waals surface area contributed by atoms with Gasteiger partial charge in [-0.1, -0.05) is 13.0 Å². The second-order valence-electron chi connectivity index (χ2n) is 4.76. The fourth-order valence-corrected chi connectivity index (χ4v) is 1.25. The Balaban J connectivity index is 2.85. The van der Waals surface area contributed by atoms with Crippen LogP contribution >= 0.6 is 0 Å². The van der Waals surface area contributed by atoms with Crippen molar-refractivity contribution in [3.8, 4) is 0 Å². The molecule has 0 heterocycles. The molecular formula is C13H20N2O. The van der Waals surface area contributed by atoms with Crippen molar-refractivity contribution < 1.29 is 4.79 Å². The van der Waals surface area contributed by atoms with E-state index in [2.05, 4.69) is 5.32 Å². The summed E-state index contributed by atoms with van der Waals surface area (Å²) in [6.45, 7) is 7.97. The van der Waals surface area contributed by atoms with Crippen molar-refractivity contribution in [2.45, 2.75) is 39.7 Å². The van der Waals surface area contributed by atoms with Crippen LogP contribution in [0.4, 0.5) is 5.69 Å². The first-order valence-corrected chi connectivity index (χ1v) is 5.54. The van der Waals surface area contributed by atoms with Crippen molar-refractivity contribution >= 4 is 11.6 Å². The fraction of sp³-hybridized carbons (Fsp3) is 0.462. The maximum atomic E-state index is 11.9. The third kappa shape index (κ3) is 2.99. The number of nitrogens with two attached hydrogens (primary N) is 1. The zero-order valence-corrected chi connectivity index (χ0v) is 10.4. The molecule has 0 bridgehead atoms. The summed E-state index contributed by atoms with van der Waals surface area (Å²) in [5.41, 5.74) is 7.85. The predicted octanol–water partition coefficient (Wildman–Crippen LogP) is 2.50. The van der Waals surface area contributed by atoms with E-state index in [0.717, 1.165) is 12.0 Å². The number of carbonyl (C=O) groups is 1. The molecule has 1 rings (SSSR count). The van der Waals surface area contributed by atoms with E-state index in [1.165, 1.54) is 0 Å². The maximum Gasteiger partial charge on any atom is 0.251 e. The SMILES string of the molecule is CCC(C)(C)NC(=O)c1ccc(C)c(N)c1. The average molecular weight is 220 g/mol. The molecule has 88 valence electrons. The summed E-state index contributed by atoms with van der Waals surface area (Å²) in [4.78, 5) is 11.9. The van der Waals surface area contributed by atoms with Crippen LogP contribution in [0.1, 0.15) is 43.1 Å². The average Bonchev–Trinajstić information content (AvgIpc) is 2.21. The van der Waals surface area contributed by atoms with Crippen LogP contribution < -0.4 is 11.1 Å². The summed E-state index contributed by atoms with van der Waals surface area (Å²) in [7, 11) is 0. The van der Waals surface area contributed by atoms with Gasteiger partial charge in [0.15, 0.2) is 0 Å². The highest BCUT2D eigenvalue weighted by atomic mass is 16.1. The third-order valence-corrected chi connectivity index (χ3v) is 2.88. The molecule has 1 amide bonds. The Labute approximate surface area is 97.0 Å². The zero-order chi connectivity index (χ0) is 12.3. The number of benzene rings is 1. The Bertz CT molecular complexity index is 397. The van der Waals surface area contributed by atoms with E-state index in [4.69, 9.17) is 5.73 Å². The maximum absolute atomic E-state index is 11.9. The van der Waals surface area contributed by atoms with Gasteiger partial charge in [0.05, 0.1) is 0 Å². The van der Waals surface area contributed by atoms with Crippen molar-refractivity contribution in [3.63, 3.8) is 0 Å². The summed E-state index contributed by atoms with van der Waals surface area (Å²) < 4.78 is 0. The molecule has 0 fully saturated rings. The van der Waals surface area contributed by atoms with Gasteiger partial charge in [-0.2, -0.15) is 0 Å². The number of hydrogen-bond donors (Lipinski definition) is 2. The standard InChI is InChI=1S/C13H20N2O/c1-5-13(3,4)15-12(16)10-7-6-9(2)11(14)8-10/h6-8H,5,14H2,1-4H3,(H,15,16). The highest BCUT2D eigenvalue weighted by Crippen LogP contribution is 2.14. The number of rotatable bonds is 3. The summed E-state index contributed by atoms with van der Waals surface area (Å²) in [5.74, 6) is -0.0708. The van der Waals surface area contributed by atoms with Crippen LogP contribution in [0.5, 0.6) is 0 Å². The molecular weight excluding hydrogens is 200 g/mol. The van der Waals surface area contributed by atoms with Crippen LogP contribution in [0, 0.1) is 6.92 Å². The molecule has 0 aliphatic carbocycles. The second kappa shape index (κ2) is 4.56. The fourth-order valence-electron chi connectivity index (χ4n) is 1.25. The van der Waals surface area contributed by atoms with Crippen molar-refractivity contribution in [3.05, 3.63) is 29.3 Å². The largest absolute Gasteiger partial charge is 0.398 e. The Morgan fingerprint density at radius 2 is 2.06 bits per heavy atom. The van der Waals surface area contributed by atoms with Crippen LogP contribution in [0.15, 0.2) is 18.2 Å². The summed E-state index contributed by atoms with van der Waals surface area (Å²) in [6, 6.07) is 5.38. The zero-order valence-electron chi connectivity index (χ0n) is 10.4. The Kier molecular flexibility index (Phi) is 3.58. The molecule has 3 nitrogen and oxygen atoms in total. The van der Waals surface area contributed by atoms with Gasteiger partial charge < -0.3 is 11.1 Å². The van der Waals surface area contributed by atoms with E-state index in [1.807, 2.05) is 33.8 Å². The molecule has 3 N–H and O–H groups in total. The number of carbonyl (C=O) groups excluding carboxylic acids is 1. The van der Waals surface area contributed by atoms with Gasteiger partial charge in [0.25, 0.3) is 5.91 Å². The van der Waals surface area contributed by atoms with E-state index in [-0.39, 0.29) is 11.4 Å². The van der Waals surface area contributed by atoms with Gasteiger partial charge in [0.1, 0.15) is 0 Å². The first kappa shape index (κ1) is 12.6. The Morgan fingerprint density at radius 1 is 1.44 bits per heavy atom. The Morgan fingerprint density at radius 3 is 2.56 bits per heavy atom. The van der Waals surface area contributed by atoms with Crippen molar-refractivity contribution in [2.24, 2.45) is 0 Å². The normalized spacial score (nSPS) is 11.2. The van der Waals surface area contributed by atoms with Gasteiger partial charge in [-0.15, -0.1) is 0 Å². The number of anilines is 1. The molecule has 3 heteroatoms. The first-order chi connectivity index (χ1) is 7.35. The van der Waals surface area contributed by atoms with Crippen molar-refractivity contribution in [1.82, 2.24) is 5.32 Å². The predicted molar refractivity (Wildman–Crippen MR) is 67.4 cm³/mol. The van der Waals surface area contributed by atoms with E-state index in [0.29, 0.717) is 11.3 Å². The van der Waals surface area contributed by atoms with Crippen LogP contribution in [0.3, 0.4) is 0 Å². The molecule has 1 aromatic rings. The monoisotopic (exact) mass is 220 g/mol. The molecule has 0 spiro atoms. The summed E-state index contributed by atoms with van der Waals surface area (Å²) in [5, 5.41) is 2.97. The smallest absolute Gasteiger partial charge is 0.251 e. The van der Waals surface area contributed by atoms with Gasteiger partial charge in [-0.05, 0) is 44.9 Å². The second-order valence-corrected chi connectivity index (χ2v) is 4.76. The van der Waals surface area contributed by atoms with Crippen LogP contribution in [0.25, 0.3) is 0 Å². The van der Waals surface area contributed by atoms with Gasteiger partial charge in [0.2, 0.25) is 0 Å². The molecule has 0 atom stereocenters. The molecule has 0 unspecified atom stereocenters.